The number of nitrogens with one attached hydrogen (secondary N) is 1. The highest BCUT2D eigenvalue weighted by molar-refractivity contribution is 7.89. The number of nitro groups is 1. The third-order valence-electron chi connectivity index (χ3n) is 6.28. The summed E-state index contributed by atoms with van der Waals surface area (Å²) < 4.78 is 27.4. The van der Waals surface area contributed by atoms with Crippen molar-refractivity contribution in [2.24, 2.45) is 0 Å². The van der Waals surface area contributed by atoms with E-state index in [1.54, 1.807) is 24.3 Å². The SMILES string of the molecule is CCCc1ccc(CNc2cc(N3CCN(S(=O)(=O)c4ccc(Cl)cc4)CC3)ccc2[N+](=O)[O-])cc1. The van der Waals surface area contributed by atoms with Crippen molar-refractivity contribution >= 4 is 38.7 Å². The van der Waals surface area contributed by atoms with Crippen molar-refractivity contribution in [1.82, 2.24) is 4.31 Å². The van der Waals surface area contributed by atoms with Gasteiger partial charge in [0.25, 0.3) is 5.69 Å². The zero-order valence-corrected chi connectivity index (χ0v) is 21.6. The number of aryl methyl sites for hydroxylation is 1. The number of hydrogen-bond acceptors (Lipinski definition) is 6. The molecule has 0 spiro atoms. The van der Waals surface area contributed by atoms with E-state index in [1.165, 1.54) is 28.1 Å². The van der Waals surface area contributed by atoms with Gasteiger partial charge in [-0.2, -0.15) is 4.31 Å². The highest BCUT2D eigenvalue weighted by Crippen LogP contribution is 2.31. The van der Waals surface area contributed by atoms with Gasteiger partial charge >= 0.3 is 0 Å². The van der Waals surface area contributed by atoms with E-state index >= 15 is 0 Å². The average Bonchev–Trinajstić information content (AvgIpc) is 2.88. The topological polar surface area (TPSA) is 95.8 Å². The van der Waals surface area contributed by atoms with Crippen LogP contribution in [0.4, 0.5) is 17.1 Å². The molecule has 1 saturated heterocycles. The van der Waals surface area contributed by atoms with Crippen molar-refractivity contribution < 1.29 is 13.3 Å². The van der Waals surface area contributed by atoms with Gasteiger partial charge in [0.15, 0.2) is 0 Å². The molecule has 36 heavy (non-hydrogen) atoms. The van der Waals surface area contributed by atoms with Crippen molar-refractivity contribution in [3.63, 3.8) is 0 Å². The van der Waals surface area contributed by atoms with E-state index in [0.29, 0.717) is 43.4 Å². The summed E-state index contributed by atoms with van der Waals surface area (Å²) in [5, 5.41) is 15.3. The van der Waals surface area contributed by atoms with Gasteiger partial charge in [-0.3, -0.25) is 10.1 Å². The maximum absolute atomic E-state index is 13.0. The predicted molar refractivity (Wildman–Crippen MR) is 143 cm³/mol. The summed E-state index contributed by atoms with van der Waals surface area (Å²) in [4.78, 5) is 13.5. The summed E-state index contributed by atoms with van der Waals surface area (Å²) in [6.07, 6.45) is 2.10. The molecule has 0 aliphatic carbocycles. The lowest BCUT2D eigenvalue weighted by atomic mass is 10.1. The van der Waals surface area contributed by atoms with Crippen molar-refractivity contribution in [3.05, 3.63) is 93.0 Å². The summed E-state index contributed by atoms with van der Waals surface area (Å²) in [6.45, 7) is 4.18. The van der Waals surface area contributed by atoms with E-state index in [9.17, 15) is 18.5 Å². The van der Waals surface area contributed by atoms with E-state index in [0.717, 1.165) is 24.1 Å². The Labute approximate surface area is 216 Å². The van der Waals surface area contributed by atoms with Gasteiger partial charge in [-0.15, -0.1) is 0 Å². The molecule has 1 fully saturated rings. The average molecular weight is 529 g/mol. The van der Waals surface area contributed by atoms with Gasteiger partial charge < -0.3 is 10.2 Å². The van der Waals surface area contributed by atoms with Crippen LogP contribution in [0.15, 0.2) is 71.6 Å². The van der Waals surface area contributed by atoms with Gasteiger partial charge in [-0.25, -0.2) is 8.42 Å². The molecular weight excluding hydrogens is 500 g/mol. The van der Waals surface area contributed by atoms with E-state index in [-0.39, 0.29) is 10.6 Å². The van der Waals surface area contributed by atoms with E-state index in [1.807, 2.05) is 17.0 Å². The summed E-state index contributed by atoms with van der Waals surface area (Å²) >= 11 is 5.89. The first-order valence-electron chi connectivity index (χ1n) is 11.9. The number of nitro benzene ring substituents is 1. The summed E-state index contributed by atoms with van der Waals surface area (Å²) in [5.74, 6) is 0. The molecule has 3 aromatic rings. The number of hydrogen-bond donors (Lipinski definition) is 1. The number of sulfonamides is 1. The lowest BCUT2D eigenvalue weighted by molar-refractivity contribution is -0.384. The molecule has 1 aliphatic heterocycles. The van der Waals surface area contributed by atoms with E-state index in [2.05, 4.69) is 24.4 Å². The van der Waals surface area contributed by atoms with Crippen LogP contribution in [0.25, 0.3) is 0 Å². The van der Waals surface area contributed by atoms with Crippen molar-refractivity contribution in [2.75, 3.05) is 36.4 Å². The first-order chi connectivity index (χ1) is 17.3. The molecule has 4 rings (SSSR count). The Hall–Kier alpha value is -3.14. The fourth-order valence-corrected chi connectivity index (χ4v) is 5.82. The number of nitrogens with zero attached hydrogens (tertiary/aromatic N) is 3. The standard InChI is InChI=1S/C26H29ClN4O4S/c1-2-3-20-4-6-21(7-5-20)19-28-25-18-23(10-13-26(25)31(32)33)29-14-16-30(17-15-29)36(34,35)24-11-8-22(27)9-12-24/h4-13,18,28H,2-3,14-17,19H2,1H3. The molecule has 3 aromatic carbocycles. The Kier molecular flexibility index (Phi) is 8.13. The van der Waals surface area contributed by atoms with Gasteiger partial charge in [-0.05, 0) is 53.9 Å². The summed E-state index contributed by atoms with van der Waals surface area (Å²) in [5.41, 5.74) is 3.56. The normalized spacial score (nSPS) is 14.6. The zero-order valence-electron chi connectivity index (χ0n) is 20.1. The van der Waals surface area contributed by atoms with Crippen LogP contribution in [-0.4, -0.2) is 43.8 Å². The maximum Gasteiger partial charge on any atom is 0.292 e. The number of anilines is 2. The summed E-state index contributed by atoms with van der Waals surface area (Å²) in [7, 11) is -3.61. The Morgan fingerprint density at radius 2 is 1.58 bits per heavy atom. The van der Waals surface area contributed by atoms with Gasteiger partial charge in [-0.1, -0.05) is 49.2 Å². The molecule has 0 unspecified atom stereocenters. The number of benzene rings is 3. The van der Waals surface area contributed by atoms with E-state index in [4.69, 9.17) is 11.6 Å². The summed E-state index contributed by atoms with van der Waals surface area (Å²) in [6, 6.07) is 19.4. The first kappa shape index (κ1) is 25.9. The molecule has 0 radical (unpaired) electrons. The fraction of sp³-hybridized carbons (Fsp3) is 0.308. The van der Waals surface area contributed by atoms with Crippen molar-refractivity contribution in [1.29, 1.82) is 0 Å². The van der Waals surface area contributed by atoms with Gasteiger partial charge in [0.2, 0.25) is 10.0 Å². The lowest BCUT2D eigenvalue weighted by Crippen LogP contribution is -2.48. The third-order valence-corrected chi connectivity index (χ3v) is 8.44. The van der Waals surface area contributed by atoms with Gasteiger partial charge in [0.05, 0.1) is 9.82 Å². The highest BCUT2D eigenvalue weighted by Gasteiger charge is 2.29. The number of rotatable bonds is 9. The van der Waals surface area contributed by atoms with Crippen LogP contribution in [0.1, 0.15) is 24.5 Å². The zero-order chi connectivity index (χ0) is 25.7. The molecular formula is C26H29ClN4O4S. The lowest BCUT2D eigenvalue weighted by Gasteiger charge is -2.35. The Balaban J connectivity index is 1.45. The number of piperazine rings is 1. The molecule has 0 saturated carbocycles. The Morgan fingerprint density at radius 1 is 0.944 bits per heavy atom. The number of halogens is 1. The third kappa shape index (κ3) is 5.98. The largest absolute Gasteiger partial charge is 0.375 e. The van der Waals surface area contributed by atoms with Crippen LogP contribution in [0, 0.1) is 10.1 Å². The molecule has 0 aromatic heterocycles. The van der Waals surface area contributed by atoms with Crippen LogP contribution in [0.5, 0.6) is 0 Å². The van der Waals surface area contributed by atoms with Crippen LogP contribution in [-0.2, 0) is 23.0 Å². The molecule has 1 heterocycles. The minimum Gasteiger partial charge on any atom is -0.375 e. The fourth-order valence-electron chi connectivity index (χ4n) is 4.27. The minimum absolute atomic E-state index is 0.00491. The Morgan fingerprint density at radius 3 is 2.19 bits per heavy atom. The maximum atomic E-state index is 13.0. The van der Waals surface area contributed by atoms with Gasteiger partial charge in [0, 0.05) is 49.5 Å². The molecule has 8 nitrogen and oxygen atoms in total. The predicted octanol–water partition coefficient (Wildman–Crippen LogP) is 5.32. The monoisotopic (exact) mass is 528 g/mol. The smallest absolute Gasteiger partial charge is 0.292 e. The molecule has 1 aliphatic rings. The van der Waals surface area contributed by atoms with Crippen LogP contribution in [0.2, 0.25) is 5.02 Å². The second kappa shape index (κ2) is 11.3. The molecule has 0 atom stereocenters. The molecule has 190 valence electrons. The minimum atomic E-state index is -3.61. The van der Waals surface area contributed by atoms with Crippen molar-refractivity contribution in [2.45, 2.75) is 31.2 Å². The molecule has 10 heteroatoms. The molecule has 0 amide bonds. The highest BCUT2D eigenvalue weighted by atomic mass is 35.5. The quantitative estimate of drug-likeness (QED) is 0.298. The van der Waals surface area contributed by atoms with Crippen molar-refractivity contribution in [3.8, 4) is 0 Å². The molecule has 0 bridgehead atoms. The second-order valence-electron chi connectivity index (χ2n) is 8.72. The van der Waals surface area contributed by atoms with E-state index < -0.39 is 14.9 Å². The Bertz CT molecular complexity index is 1310. The second-order valence-corrected chi connectivity index (χ2v) is 11.1. The van der Waals surface area contributed by atoms with Gasteiger partial charge in [0.1, 0.15) is 5.69 Å². The van der Waals surface area contributed by atoms with Crippen LogP contribution < -0.4 is 10.2 Å². The first-order valence-corrected chi connectivity index (χ1v) is 13.7. The van der Waals surface area contributed by atoms with Crippen LogP contribution >= 0.6 is 11.6 Å². The van der Waals surface area contributed by atoms with Crippen LogP contribution in [0.3, 0.4) is 0 Å². The molecule has 1 N–H and O–H groups in total.